The molecule has 0 amide bonds. The van der Waals surface area contributed by atoms with Crippen LogP contribution in [0.15, 0.2) is 18.3 Å². The topological polar surface area (TPSA) is 56.5 Å². The first kappa shape index (κ1) is 10.3. The molecule has 5 heteroatoms. The Morgan fingerprint density at radius 3 is 3.07 bits per heavy atom. The Morgan fingerprint density at radius 1 is 1.53 bits per heavy atom. The Bertz CT molecular complexity index is 419. The summed E-state index contributed by atoms with van der Waals surface area (Å²) in [5, 5.41) is 3.66. The number of nitrogens with zero attached hydrogens (tertiary/aromatic N) is 1. The zero-order valence-electron chi connectivity index (χ0n) is 8.47. The molecule has 0 aliphatic heterocycles. The molecule has 0 atom stereocenters. The van der Waals surface area contributed by atoms with Crippen LogP contribution in [0.5, 0.6) is 0 Å². The molecule has 0 fully saturated rings. The number of halogens is 1. The molecule has 0 aliphatic carbocycles. The highest BCUT2D eigenvalue weighted by Gasteiger charge is 2.10. The summed E-state index contributed by atoms with van der Waals surface area (Å²) in [5.74, 6) is 0.902. The van der Waals surface area contributed by atoms with E-state index in [2.05, 4.69) is 20.3 Å². The molecular weight excluding hydrogens is 212 g/mol. The van der Waals surface area contributed by atoms with Gasteiger partial charge in [-0.3, -0.25) is 0 Å². The summed E-state index contributed by atoms with van der Waals surface area (Å²) in [6, 6.07) is 3.87. The second kappa shape index (κ2) is 4.51. The molecule has 0 radical (unpaired) electrons. The predicted octanol–water partition coefficient (Wildman–Crippen LogP) is 1.82. The highest BCUT2D eigenvalue weighted by atomic mass is 35.5. The van der Waals surface area contributed by atoms with Gasteiger partial charge < -0.3 is 15.3 Å². The zero-order chi connectivity index (χ0) is 10.7. The number of nitrogens with one attached hydrogen (secondary N) is 3. The lowest BCUT2D eigenvalue weighted by molar-refractivity contribution is 0.764. The first-order valence-electron chi connectivity index (χ1n) is 4.84. The van der Waals surface area contributed by atoms with Crippen LogP contribution in [0.3, 0.4) is 0 Å². The normalized spacial score (nSPS) is 10.8. The van der Waals surface area contributed by atoms with E-state index in [1.165, 1.54) is 0 Å². The van der Waals surface area contributed by atoms with Crippen LogP contribution in [0.25, 0.3) is 11.4 Å². The molecule has 0 bridgehead atoms. The second-order valence-electron chi connectivity index (χ2n) is 3.28. The van der Waals surface area contributed by atoms with Gasteiger partial charge in [-0.1, -0.05) is 11.6 Å². The number of likely N-dealkylation sites (N-methyl/N-ethyl adjacent to an activating group) is 1. The maximum Gasteiger partial charge on any atom is 0.135 e. The summed E-state index contributed by atoms with van der Waals surface area (Å²) in [6.45, 7) is 0.883. The summed E-state index contributed by atoms with van der Waals surface area (Å²) >= 11 is 6.06. The molecule has 0 spiro atoms. The fourth-order valence-electron chi connectivity index (χ4n) is 1.42. The van der Waals surface area contributed by atoms with Gasteiger partial charge in [0.2, 0.25) is 0 Å². The van der Waals surface area contributed by atoms with E-state index < -0.39 is 0 Å². The summed E-state index contributed by atoms with van der Waals surface area (Å²) in [4.78, 5) is 10.6. The molecule has 0 saturated carbocycles. The van der Waals surface area contributed by atoms with Crippen molar-refractivity contribution in [2.24, 2.45) is 0 Å². The number of imidazole rings is 1. The lowest BCUT2D eigenvalue weighted by Gasteiger charge is -1.93. The van der Waals surface area contributed by atoms with Crippen molar-refractivity contribution >= 4 is 11.6 Å². The van der Waals surface area contributed by atoms with Crippen LogP contribution in [0.4, 0.5) is 0 Å². The molecule has 2 rings (SSSR count). The number of hydrogen-bond donors (Lipinski definition) is 3. The number of rotatable bonds is 4. The van der Waals surface area contributed by atoms with Crippen molar-refractivity contribution in [3.63, 3.8) is 0 Å². The summed E-state index contributed by atoms with van der Waals surface area (Å²) in [7, 11) is 1.91. The molecule has 15 heavy (non-hydrogen) atoms. The average molecular weight is 225 g/mol. The lowest BCUT2D eigenvalue weighted by Crippen LogP contribution is -2.11. The lowest BCUT2D eigenvalue weighted by atomic mass is 10.3. The monoisotopic (exact) mass is 224 g/mol. The maximum absolute atomic E-state index is 6.06. The summed E-state index contributed by atoms with van der Waals surface area (Å²) < 4.78 is 0. The van der Waals surface area contributed by atoms with Crippen molar-refractivity contribution in [1.29, 1.82) is 0 Å². The average Bonchev–Trinajstić information content (AvgIpc) is 2.83. The van der Waals surface area contributed by atoms with Crippen molar-refractivity contribution in [3.8, 4) is 11.4 Å². The Morgan fingerprint density at radius 2 is 2.40 bits per heavy atom. The van der Waals surface area contributed by atoms with Gasteiger partial charge in [-0.15, -0.1) is 0 Å². The number of hydrogen-bond acceptors (Lipinski definition) is 2. The van der Waals surface area contributed by atoms with Gasteiger partial charge in [-0.2, -0.15) is 0 Å². The fraction of sp³-hybridized carbons (Fsp3) is 0.300. The fourth-order valence-corrected chi connectivity index (χ4v) is 1.67. The van der Waals surface area contributed by atoms with Crippen LogP contribution < -0.4 is 5.32 Å². The van der Waals surface area contributed by atoms with E-state index in [1.807, 2.05) is 25.4 Å². The molecule has 0 saturated heterocycles. The number of H-pyrrole nitrogens is 2. The molecule has 80 valence electrons. The molecule has 4 nitrogen and oxygen atoms in total. The van der Waals surface area contributed by atoms with Gasteiger partial charge in [0.25, 0.3) is 0 Å². The third kappa shape index (κ3) is 2.22. The first-order valence-corrected chi connectivity index (χ1v) is 5.22. The highest BCUT2D eigenvalue weighted by molar-refractivity contribution is 6.31. The number of aromatic nitrogens is 3. The minimum absolute atomic E-state index is 0.587. The molecular formula is C10H13ClN4. The van der Waals surface area contributed by atoms with Crippen LogP contribution in [0.1, 0.15) is 5.82 Å². The van der Waals surface area contributed by atoms with Gasteiger partial charge in [0.15, 0.2) is 0 Å². The number of aromatic amines is 2. The van der Waals surface area contributed by atoms with E-state index in [0.717, 1.165) is 30.2 Å². The van der Waals surface area contributed by atoms with Gasteiger partial charge >= 0.3 is 0 Å². The Labute approximate surface area is 93.1 Å². The Kier molecular flexibility index (Phi) is 3.08. The van der Waals surface area contributed by atoms with E-state index in [4.69, 9.17) is 11.6 Å². The van der Waals surface area contributed by atoms with Gasteiger partial charge in [0.05, 0.1) is 5.69 Å². The van der Waals surface area contributed by atoms with Crippen molar-refractivity contribution in [2.75, 3.05) is 13.6 Å². The van der Waals surface area contributed by atoms with Crippen molar-refractivity contribution < 1.29 is 0 Å². The van der Waals surface area contributed by atoms with Gasteiger partial charge in [0, 0.05) is 19.2 Å². The largest absolute Gasteiger partial charge is 0.360 e. The molecule has 2 heterocycles. The SMILES string of the molecule is CNCCc1nc(-c2ccc[nH]2)c(Cl)[nH]1. The van der Waals surface area contributed by atoms with E-state index in [0.29, 0.717) is 5.15 Å². The quantitative estimate of drug-likeness (QED) is 0.742. The van der Waals surface area contributed by atoms with Gasteiger partial charge in [-0.25, -0.2) is 4.98 Å². The summed E-state index contributed by atoms with van der Waals surface area (Å²) in [5.41, 5.74) is 1.72. The molecule has 0 aliphatic rings. The van der Waals surface area contributed by atoms with E-state index >= 15 is 0 Å². The Hall–Kier alpha value is -1.26. The van der Waals surface area contributed by atoms with Crippen molar-refractivity contribution in [2.45, 2.75) is 6.42 Å². The van der Waals surface area contributed by atoms with Crippen LogP contribution >= 0.6 is 11.6 Å². The summed E-state index contributed by atoms with van der Waals surface area (Å²) in [6.07, 6.45) is 2.70. The van der Waals surface area contributed by atoms with E-state index in [1.54, 1.807) is 0 Å². The molecule has 0 unspecified atom stereocenters. The second-order valence-corrected chi connectivity index (χ2v) is 3.66. The van der Waals surface area contributed by atoms with E-state index in [-0.39, 0.29) is 0 Å². The molecule has 2 aromatic rings. The Balaban J connectivity index is 2.22. The smallest absolute Gasteiger partial charge is 0.135 e. The zero-order valence-corrected chi connectivity index (χ0v) is 9.23. The van der Waals surface area contributed by atoms with Crippen molar-refractivity contribution in [3.05, 3.63) is 29.3 Å². The van der Waals surface area contributed by atoms with Crippen molar-refractivity contribution in [1.82, 2.24) is 20.3 Å². The van der Waals surface area contributed by atoms with Crippen LogP contribution in [0, 0.1) is 0 Å². The standard InChI is InChI=1S/C10H13ClN4/c1-12-6-4-8-14-9(10(11)15-8)7-3-2-5-13-7/h2-3,5,12-13H,4,6H2,1H3,(H,14,15). The van der Waals surface area contributed by atoms with E-state index in [9.17, 15) is 0 Å². The maximum atomic E-state index is 6.06. The minimum atomic E-state index is 0.587. The minimum Gasteiger partial charge on any atom is -0.360 e. The molecule has 2 aromatic heterocycles. The molecule has 3 N–H and O–H groups in total. The third-order valence-electron chi connectivity index (χ3n) is 2.17. The van der Waals surface area contributed by atoms with Gasteiger partial charge in [-0.05, 0) is 19.2 Å². The molecule has 0 aromatic carbocycles. The van der Waals surface area contributed by atoms with Crippen LogP contribution in [-0.4, -0.2) is 28.5 Å². The first-order chi connectivity index (χ1) is 7.31. The highest BCUT2D eigenvalue weighted by Crippen LogP contribution is 2.23. The van der Waals surface area contributed by atoms with Crippen LogP contribution in [-0.2, 0) is 6.42 Å². The van der Waals surface area contributed by atoms with Crippen LogP contribution in [0.2, 0.25) is 5.15 Å². The van der Waals surface area contributed by atoms with Gasteiger partial charge in [0.1, 0.15) is 16.7 Å². The predicted molar refractivity (Wildman–Crippen MR) is 61.0 cm³/mol. The third-order valence-corrected chi connectivity index (χ3v) is 2.45.